The van der Waals surface area contributed by atoms with Gasteiger partial charge in [0.2, 0.25) is 0 Å². The number of nitrogens with zero attached hydrogens (tertiary/aromatic N) is 2. The largest absolute Gasteiger partial charge is 0.497 e. The number of aryl methyl sites for hydroxylation is 1. The van der Waals surface area contributed by atoms with Crippen LogP contribution < -0.4 is 4.74 Å². The lowest BCUT2D eigenvalue weighted by Crippen LogP contribution is -2.26. The zero-order valence-electron chi connectivity index (χ0n) is 20.9. The van der Waals surface area contributed by atoms with E-state index in [0.29, 0.717) is 0 Å². The van der Waals surface area contributed by atoms with Crippen LogP contribution in [0.2, 0.25) is 0 Å². The van der Waals surface area contributed by atoms with Crippen LogP contribution in [0.1, 0.15) is 30.7 Å². The van der Waals surface area contributed by atoms with E-state index in [-0.39, 0.29) is 0 Å². The minimum Gasteiger partial charge on any atom is -0.497 e. The Hall–Kier alpha value is -3.30. The predicted molar refractivity (Wildman–Crippen MR) is 144 cm³/mol. The van der Waals surface area contributed by atoms with Gasteiger partial charge in [0.25, 0.3) is 0 Å². The number of rotatable bonds is 10. The van der Waals surface area contributed by atoms with Crippen molar-refractivity contribution < 1.29 is 4.74 Å². The van der Waals surface area contributed by atoms with Gasteiger partial charge in [-0.15, -0.1) is 0 Å². The van der Waals surface area contributed by atoms with Crippen molar-refractivity contribution in [2.45, 2.75) is 33.7 Å². The fourth-order valence-corrected chi connectivity index (χ4v) is 4.47. The van der Waals surface area contributed by atoms with Gasteiger partial charge in [-0.25, -0.2) is 0 Å². The Morgan fingerprint density at radius 2 is 1.29 bits per heavy atom. The van der Waals surface area contributed by atoms with E-state index in [9.17, 15) is 0 Å². The Labute approximate surface area is 204 Å². The van der Waals surface area contributed by atoms with Crippen molar-refractivity contribution in [1.29, 1.82) is 0 Å². The third-order valence-electron chi connectivity index (χ3n) is 6.71. The lowest BCUT2D eigenvalue weighted by atomic mass is 10.0. The van der Waals surface area contributed by atoms with Crippen molar-refractivity contribution >= 4 is 0 Å². The van der Waals surface area contributed by atoms with Gasteiger partial charge >= 0.3 is 0 Å². The molecule has 0 aliphatic carbocycles. The molecule has 34 heavy (non-hydrogen) atoms. The Kier molecular flexibility index (Phi) is 7.87. The van der Waals surface area contributed by atoms with E-state index in [4.69, 9.17) is 4.74 Å². The molecule has 0 unspecified atom stereocenters. The number of benzene rings is 3. The molecule has 0 radical (unpaired) electrons. The fourth-order valence-electron chi connectivity index (χ4n) is 4.47. The first-order valence-electron chi connectivity index (χ1n) is 12.3. The Morgan fingerprint density at radius 3 is 1.88 bits per heavy atom. The van der Waals surface area contributed by atoms with Gasteiger partial charge in [-0.1, -0.05) is 80.1 Å². The number of likely N-dealkylation sites (N-methyl/N-ethyl adjacent to an activating group) is 1. The average Bonchev–Trinajstić information content (AvgIpc) is 3.28. The summed E-state index contributed by atoms with van der Waals surface area (Å²) in [6.45, 7) is 10.8. The number of hydrogen-bond acceptors (Lipinski definition) is 2. The summed E-state index contributed by atoms with van der Waals surface area (Å²) in [7, 11) is 1.70. The summed E-state index contributed by atoms with van der Waals surface area (Å²) >= 11 is 0. The quantitative estimate of drug-likeness (QED) is 0.256. The second-order valence-electron chi connectivity index (χ2n) is 8.86. The molecule has 0 N–H and O–H groups in total. The fraction of sp³-hybridized carbons (Fsp3) is 0.290. The third-order valence-corrected chi connectivity index (χ3v) is 6.71. The second-order valence-corrected chi connectivity index (χ2v) is 8.86. The molecule has 0 aliphatic heterocycles. The number of hydrogen-bond donors (Lipinski definition) is 0. The topological polar surface area (TPSA) is 17.4 Å². The minimum absolute atomic E-state index is 0.868. The molecule has 1 aromatic heterocycles. The summed E-state index contributed by atoms with van der Waals surface area (Å²) in [5.41, 5.74) is 8.97. The monoisotopic (exact) mass is 452 g/mol. The first kappa shape index (κ1) is 23.8. The lowest BCUT2D eigenvalue weighted by Gasteiger charge is -2.20. The average molecular weight is 453 g/mol. The Morgan fingerprint density at radius 1 is 0.706 bits per heavy atom. The van der Waals surface area contributed by atoms with Crippen molar-refractivity contribution in [3.05, 3.63) is 102 Å². The Balaban J connectivity index is 1.60. The smallest absolute Gasteiger partial charge is 0.118 e. The highest BCUT2D eigenvalue weighted by Gasteiger charge is 2.12. The molecule has 0 aliphatic rings. The summed E-state index contributed by atoms with van der Waals surface area (Å²) < 4.78 is 7.79. The van der Waals surface area contributed by atoms with Gasteiger partial charge in [-0.3, -0.25) is 0 Å². The highest BCUT2D eigenvalue weighted by atomic mass is 16.5. The molecule has 0 bridgehead atoms. The summed E-state index contributed by atoms with van der Waals surface area (Å²) in [4.78, 5) is 2.49. The molecule has 3 nitrogen and oxygen atoms in total. The van der Waals surface area contributed by atoms with Gasteiger partial charge in [0.1, 0.15) is 5.75 Å². The molecule has 176 valence electrons. The van der Waals surface area contributed by atoms with Crippen LogP contribution in [0.4, 0.5) is 0 Å². The van der Waals surface area contributed by atoms with Crippen molar-refractivity contribution in [2.75, 3.05) is 26.7 Å². The number of aromatic nitrogens is 1. The van der Waals surface area contributed by atoms with Crippen LogP contribution in [0.25, 0.3) is 22.4 Å². The van der Waals surface area contributed by atoms with Crippen LogP contribution in [0.5, 0.6) is 5.75 Å². The second kappa shape index (κ2) is 11.2. The van der Waals surface area contributed by atoms with E-state index in [0.717, 1.165) is 38.3 Å². The van der Waals surface area contributed by atoms with Crippen molar-refractivity contribution in [3.8, 4) is 28.1 Å². The van der Waals surface area contributed by atoms with Crippen LogP contribution in [0, 0.1) is 6.92 Å². The van der Waals surface area contributed by atoms with Crippen LogP contribution in [-0.2, 0) is 13.0 Å². The summed E-state index contributed by atoms with van der Waals surface area (Å²) in [6, 6.07) is 30.7. The SMILES string of the molecule is CCN(CC)CCc1ccc(-c2ccc(C)cc2)n1Cc1ccc(-c2ccc(OC)cc2)cc1. The molecule has 0 saturated carbocycles. The maximum Gasteiger partial charge on any atom is 0.118 e. The molecule has 0 amide bonds. The van der Waals surface area contributed by atoms with Gasteiger partial charge in [0.05, 0.1) is 7.11 Å². The van der Waals surface area contributed by atoms with Gasteiger partial charge < -0.3 is 14.2 Å². The number of methoxy groups -OCH3 is 1. The highest BCUT2D eigenvalue weighted by molar-refractivity contribution is 5.65. The normalized spacial score (nSPS) is 11.2. The summed E-state index contributed by atoms with van der Waals surface area (Å²) in [6.07, 6.45) is 1.05. The minimum atomic E-state index is 0.868. The van der Waals surface area contributed by atoms with Crippen LogP contribution in [0.15, 0.2) is 84.9 Å². The zero-order chi connectivity index (χ0) is 23.9. The summed E-state index contributed by atoms with van der Waals surface area (Å²) in [5.74, 6) is 0.883. The van der Waals surface area contributed by atoms with E-state index in [2.05, 4.69) is 103 Å². The standard InChI is InChI=1S/C31H36N2O/c1-5-32(6-2)22-21-29-17-20-31(28-11-7-24(3)8-12-28)33(29)23-25-9-13-26(14-10-25)27-15-18-30(34-4)19-16-27/h7-20H,5-6,21-23H2,1-4H3. The molecule has 0 fully saturated rings. The molecule has 0 atom stereocenters. The van der Waals surface area contributed by atoms with Crippen LogP contribution in [-0.4, -0.2) is 36.2 Å². The molecule has 4 rings (SSSR count). The van der Waals surface area contributed by atoms with E-state index < -0.39 is 0 Å². The van der Waals surface area contributed by atoms with Crippen LogP contribution in [0.3, 0.4) is 0 Å². The maximum atomic E-state index is 5.29. The van der Waals surface area contributed by atoms with E-state index in [1.807, 2.05) is 12.1 Å². The predicted octanol–water partition coefficient (Wildman–Crippen LogP) is 7.07. The number of ether oxygens (including phenoxy) is 1. The van der Waals surface area contributed by atoms with Gasteiger partial charge in [0.15, 0.2) is 0 Å². The molecule has 3 aromatic carbocycles. The molecule has 4 aromatic rings. The van der Waals surface area contributed by atoms with Crippen LogP contribution >= 0.6 is 0 Å². The zero-order valence-corrected chi connectivity index (χ0v) is 20.9. The molecular formula is C31H36N2O. The van der Waals surface area contributed by atoms with Gasteiger partial charge in [0, 0.05) is 30.9 Å². The Bertz CT molecular complexity index is 1170. The molecule has 1 heterocycles. The van der Waals surface area contributed by atoms with Crippen molar-refractivity contribution in [3.63, 3.8) is 0 Å². The van der Waals surface area contributed by atoms with Crippen molar-refractivity contribution in [2.24, 2.45) is 0 Å². The lowest BCUT2D eigenvalue weighted by molar-refractivity contribution is 0.306. The maximum absolute atomic E-state index is 5.29. The first-order valence-corrected chi connectivity index (χ1v) is 12.3. The highest BCUT2D eigenvalue weighted by Crippen LogP contribution is 2.27. The molecule has 3 heteroatoms. The third kappa shape index (κ3) is 5.60. The van der Waals surface area contributed by atoms with Gasteiger partial charge in [-0.2, -0.15) is 0 Å². The van der Waals surface area contributed by atoms with Gasteiger partial charge in [-0.05, 0) is 66.5 Å². The van der Waals surface area contributed by atoms with E-state index in [1.165, 1.54) is 39.2 Å². The first-order chi connectivity index (χ1) is 16.6. The van der Waals surface area contributed by atoms with Crippen molar-refractivity contribution in [1.82, 2.24) is 9.47 Å². The van der Waals surface area contributed by atoms with E-state index in [1.54, 1.807) is 7.11 Å². The van der Waals surface area contributed by atoms with E-state index >= 15 is 0 Å². The molecule has 0 spiro atoms. The molecular weight excluding hydrogens is 416 g/mol. The summed E-state index contributed by atoms with van der Waals surface area (Å²) in [5, 5.41) is 0. The molecule has 0 saturated heterocycles.